The van der Waals surface area contributed by atoms with Crippen LogP contribution in [0.5, 0.6) is 5.75 Å². The highest BCUT2D eigenvalue weighted by molar-refractivity contribution is 6.32. The first kappa shape index (κ1) is 15.9. The molecule has 1 heterocycles. The van der Waals surface area contributed by atoms with E-state index in [2.05, 4.69) is 17.2 Å². The molecule has 0 bridgehead atoms. The quantitative estimate of drug-likeness (QED) is 0.816. The summed E-state index contributed by atoms with van der Waals surface area (Å²) in [4.78, 5) is 4.35. The van der Waals surface area contributed by atoms with Crippen LogP contribution < -0.4 is 10.1 Å². The number of pyridine rings is 1. The molecule has 6 heteroatoms. The molecule has 2 rings (SSSR count). The monoisotopic (exact) mass is 328 g/mol. The van der Waals surface area contributed by atoms with Gasteiger partial charge in [0, 0.05) is 6.54 Å². The van der Waals surface area contributed by atoms with Gasteiger partial charge < -0.3 is 10.1 Å². The highest BCUT2D eigenvalue weighted by Crippen LogP contribution is 2.28. The van der Waals surface area contributed by atoms with Crippen molar-refractivity contribution in [3.63, 3.8) is 0 Å². The predicted molar refractivity (Wildman–Crippen MR) is 83.8 cm³/mol. The van der Waals surface area contributed by atoms with Crippen molar-refractivity contribution in [2.75, 3.05) is 11.9 Å². The molecular weight excluding hydrogens is 314 g/mol. The molecule has 2 aromatic rings. The van der Waals surface area contributed by atoms with Crippen LogP contribution >= 0.6 is 23.2 Å². The van der Waals surface area contributed by atoms with Crippen LogP contribution in [0, 0.1) is 5.82 Å². The average molecular weight is 329 g/mol. The van der Waals surface area contributed by atoms with E-state index in [0.29, 0.717) is 16.5 Å². The van der Waals surface area contributed by atoms with Gasteiger partial charge in [0.2, 0.25) is 0 Å². The molecule has 1 aromatic heterocycles. The number of nitrogens with zero attached hydrogens (tertiary/aromatic N) is 1. The van der Waals surface area contributed by atoms with Gasteiger partial charge in [-0.25, -0.2) is 9.37 Å². The highest BCUT2D eigenvalue weighted by Gasteiger charge is 2.11. The molecule has 0 saturated carbocycles. The first-order valence-corrected chi connectivity index (χ1v) is 7.33. The fraction of sp³-hybridized carbons (Fsp3) is 0.267. The lowest BCUT2D eigenvalue weighted by Crippen LogP contribution is -2.06. The zero-order valence-corrected chi connectivity index (χ0v) is 13.0. The molecule has 3 nitrogen and oxygen atoms in total. The summed E-state index contributed by atoms with van der Waals surface area (Å²) in [5.74, 6) is 0.197. The van der Waals surface area contributed by atoms with Gasteiger partial charge in [0.15, 0.2) is 11.6 Å². The van der Waals surface area contributed by atoms with Crippen molar-refractivity contribution < 1.29 is 9.13 Å². The first-order chi connectivity index (χ1) is 10.1. The molecule has 112 valence electrons. The van der Waals surface area contributed by atoms with Crippen molar-refractivity contribution in [3.05, 3.63) is 51.9 Å². The van der Waals surface area contributed by atoms with E-state index >= 15 is 0 Å². The molecule has 0 amide bonds. The minimum atomic E-state index is -0.515. The van der Waals surface area contributed by atoms with Gasteiger partial charge in [-0.3, -0.25) is 0 Å². The van der Waals surface area contributed by atoms with Crippen LogP contribution in [0.3, 0.4) is 0 Å². The number of aromatic nitrogens is 1. The van der Waals surface area contributed by atoms with Crippen LogP contribution in [-0.2, 0) is 6.61 Å². The Bertz CT molecular complexity index is 602. The van der Waals surface area contributed by atoms with E-state index < -0.39 is 5.82 Å². The van der Waals surface area contributed by atoms with Crippen molar-refractivity contribution in [1.82, 2.24) is 4.98 Å². The SMILES string of the molecule is CCCNc1ccc(Cl)c(COc2c(F)cccc2Cl)n1. The van der Waals surface area contributed by atoms with Gasteiger partial charge in [0.25, 0.3) is 0 Å². The summed E-state index contributed by atoms with van der Waals surface area (Å²) in [6.45, 7) is 2.92. The zero-order valence-electron chi connectivity index (χ0n) is 11.5. The second kappa shape index (κ2) is 7.48. The Hall–Kier alpha value is -1.52. The number of ether oxygens (including phenoxy) is 1. The molecular formula is C15H15Cl2FN2O. The number of para-hydroxylation sites is 1. The van der Waals surface area contributed by atoms with Crippen LogP contribution in [0.25, 0.3) is 0 Å². The van der Waals surface area contributed by atoms with Crippen LogP contribution in [0.2, 0.25) is 10.0 Å². The van der Waals surface area contributed by atoms with Crippen LogP contribution in [0.15, 0.2) is 30.3 Å². The Balaban J connectivity index is 2.12. The first-order valence-electron chi connectivity index (χ1n) is 6.58. The van der Waals surface area contributed by atoms with Crippen molar-refractivity contribution in [1.29, 1.82) is 0 Å². The normalized spacial score (nSPS) is 10.5. The molecule has 0 aliphatic carbocycles. The molecule has 0 aliphatic rings. The van der Waals surface area contributed by atoms with E-state index in [9.17, 15) is 4.39 Å². The van der Waals surface area contributed by atoms with Gasteiger partial charge in [-0.1, -0.05) is 36.2 Å². The summed E-state index contributed by atoms with van der Waals surface area (Å²) in [6, 6.07) is 7.89. The maximum Gasteiger partial charge on any atom is 0.174 e. The molecule has 0 radical (unpaired) electrons. The Labute approximate surface area is 133 Å². The van der Waals surface area contributed by atoms with E-state index in [-0.39, 0.29) is 17.4 Å². The molecule has 0 atom stereocenters. The van der Waals surface area contributed by atoms with E-state index in [1.165, 1.54) is 12.1 Å². The minimum Gasteiger partial charge on any atom is -0.483 e. The number of rotatable bonds is 6. The van der Waals surface area contributed by atoms with E-state index in [0.717, 1.165) is 13.0 Å². The van der Waals surface area contributed by atoms with E-state index in [4.69, 9.17) is 27.9 Å². The third-order valence-electron chi connectivity index (χ3n) is 2.75. The van der Waals surface area contributed by atoms with Gasteiger partial charge in [-0.05, 0) is 30.7 Å². The molecule has 1 aromatic carbocycles. The summed E-state index contributed by atoms with van der Waals surface area (Å²) in [7, 11) is 0. The van der Waals surface area contributed by atoms with Crippen LogP contribution in [-0.4, -0.2) is 11.5 Å². The van der Waals surface area contributed by atoms with Gasteiger partial charge in [-0.15, -0.1) is 0 Å². The number of anilines is 1. The summed E-state index contributed by atoms with van der Waals surface area (Å²) in [5, 5.41) is 3.83. The largest absolute Gasteiger partial charge is 0.483 e. The molecule has 0 fully saturated rings. The van der Waals surface area contributed by atoms with Crippen molar-refractivity contribution >= 4 is 29.0 Å². The second-order valence-corrected chi connectivity index (χ2v) is 5.21. The highest BCUT2D eigenvalue weighted by atomic mass is 35.5. The molecule has 0 saturated heterocycles. The fourth-order valence-electron chi connectivity index (χ4n) is 1.70. The Morgan fingerprint density at radius 2 is 2.00 bits per heavy atom. The smallest absolute Gasteiger partial charge is 0.174 e. The number of nitrogens with one attached hydrogen (secondary N) is 1. The molecule has 0 spiro atoms. The van der Waals surface area contributed by atoms with Gasteiger partial charge in [0.05, 0.1) is 15.7 Å². The standard InChI is InChI=1S/C15H15Cl2FN2O/c1-2-8-19-14-7-6-10(16)13(20-14)9-21-15-11(17)4-3-5-12(15)18/h3-7H,2,8-9H2,1H3,(H,19,20). The average Bonchev–Trinajstić information content (AvgIpc) is 2.47. The summed E-state index contributed by atoms with van der Waals surface area (Å²) >= 11 is 12.0. The minimum absolute atomic E-state index is 0.00366. The summed E-state index contributed by atoms with van der Waals surface area (Å²) in [5.41, 5.74) is 0.525. The Morgan fingerprint density at radius 1 is 1.19 bits per heavy atom. The van der Waals surface area contributed by atoms with Gasteiger partial charge in [-0.2, -0.15) is 0 Å². The van der Waals surface area contributed by atoms with Crippen molar-refractivity contribution in [3.8, 4) is 5.75 Å². The lowest BCUT2D eigenvalue weighted by Gasteiger charge is -2.11. The lowest BCUT2D eigenvalue weighted by molar-refractivity contribution is 0.286. The number of hydrogen-bond acceptors (Lipinski definition) is 3. The Morgan fingerprint density at radius 3 is 2.71 bits per heavy atom. The molecule has 0 unspecified atom stereocenters. The zero-order chi connectivity index (χ0) is 15.2. The second-order valence-electron chi connectivity index (χ2n) is 4.39. The molecule has 1 N–H and O–H groups in total. The topological polar surface area (TPSA) is 34.1 Å². The maximum atomic E-state index is 13.6. The summed E-state index contributed by atoms with van der Waals surface area (Å²) in [6.07, 6.45) is 0.987. The van der Waals surface area contributed by atoms with Gasteiger partial charge in [0.1, 0.15) is 12.4 Å². The Kier molecular flexibility index (Phi) is 5.65. The third kappa shape index (κ3) is 4.22. The van der Waals surface area contributed by atoms with Crippen molar-refractivity contribution in [2.45, 2.75) is 20.0 Å². The van der Waals surface area contributed by atoms with E-state index in [1.54, 1.807) is 18.2 Å². The molecule has 21 heavy (non-hydrogen) atoms. The third-order valence-corrected chi connectivity index (χ3v) is 3.39. The van der Waals surface area contributed by atoms with E-state index in [1.807, 2.05) is 0 Å². The summed E-state index contributed by atoms with van der Waals surface area (Å²) < 4.78 is 19.0. The van der Waals surface area contributed by atoms with Crippen LogP contribution in [0.1, 0.15) is 19.0 Å². The van der Waals surface area contributed by atoms with Gasteiger partial charge >= 0.3 is 0 Å². The predicted octanol–water partition coefficient (Wildman–Crippen LogP) is 4.93. The van der Waals surface area contributed by atoms with Crippen molar-refractivity contribution in [2.24, 2.45) is 0 Å². The number of benzene rings is 1. The lowest BCUT2D eigenvalue weighted by atomic mass is 10.3. The number of hydrogen-bond donors (Lipinski definition) is 1. The number of halogens is 3. The maximum absolute atomic E-state index is 13.6. The molecule has 0 aliphatic heterocycles. The van der Waals surface area contributed by atoms with Crippen LogP contribution in [0.4, 0.5) is 10.2 Å². The fourth-order valence-corrected chi connectivity index (χ4v) is 2.08.